The second kappa shape index (κ2) is 16.8. The fourth-order valence-electron chi connectivity index (χ4n) is 7.28. The molecule has 3 N–H and O–H groups in total. The van der Waals surface area contributed by atoms with Crippen LogP contribution in [0.25, 0.3) is 0 Å². The maximum Gasteiger partial charge on any atom is 0.407 e. The van der Waals surface area contributed by atoms with E-state index >= 15 is 0 Å². The number of carbonyl (C=O) groups is 2. The van der Waals surface area contributed by atoms with Crippen LogP contribution in [0.5, 0.6) is 0 Å². The van der Waals surface area contributed by atoms with Gasteiger partial charge in [0.15, 0.2) is 6.29 Å². The van der Waals surface area contributed by atoms with Gasteiger partial charge in [-0.05, 0) is 80.2 Å². The molecular weight excluding hydrogens is 673 g/mol. The standard InChI is InChI=1S/C38H50N4O8S/c1-25(2)22-42(23-34(43)33(19-27-11-7-4-8-12-27)41-38(45)50-35-24-49-37-29(35)16-18-48-37)51(46,47)28-13-14-32-30(20-28)31(36(44)40-32)21-39-17-15-26-9-5-3-6-10-26/h4,7-9,11-14,20-21,25,29,31,33-35,37,43H,3,5-6,10,15-19,22-24H2,1-2H3,(H,40,44)(H,41,45). The summed E-state index contributed by atoms with van der Waals surface area (Å²) in [7, 11) is -4.15. The van der Waals surface area contributed by atoms with Gasteiger partial charge in [0.1, 0.15) is 12.0 Å². The first-order valence-electron chi connectivity index (χ1n) is 18.1. The fourth-order valence-corrected chi connectivity index (χ4v) is 8.93. The van der Waals surface area contributed by atoms with Gasteiger partial charge in [-0.1, -0.05) is 55.8 Å². The van der Waals surface area contributed by atoms with Crippen molar-refractivity contribution >= 4 is 33.9 Å². The summed E-state index contributed by atoms with van der Waals surface area (Å²) in [5.74, 6) is -1.08. The summed E-state index contributed by atoms with van der Waals surface area (Å²) in [4.78, 5) is 30.7. The number of rotatable bonds is 15. The van der Waals surface area contributed by atoms with Crippen molar-refractivity contribution in [1.82, 2.24) is 9.62 Å². The van der Waals surface area contributed by atoms with E-state index in [1.54, 1.807) is 12.3 Å². The molecule has 0 aromatic heterocycles. The average Bonchev–Trinajstić information content (AvgIpc) is 3.82. The highest BCUT2D eigenvalue weighted by Gasteiger charge is 2.44. The van der Waals surface area contributed by atoms with E-state index in [-0.39, 0.29) is 55.0 Å². The number of nitrogens with one attached hydrogen (secondary N) is 2. The van der Waals surface area contributed by atoms with Gasteiger partial charge in [0, 0.05) is 31.5 Å². The summed E-state index contributed by atoms with van der Waals surface area (Å²) in [6, 6.07) is 13.1. The largest absolute Gasteiger partial charge is 0.443 e. The number of aliphatic hydroxyl groups is 1. The Morgan fingerprint density at radius 1 is 1.16 bits per heavy atom. The SMILES string of the molecule is CC(C)CN(CC(O)C(Cc1ccccc1)NC(=O)OC1COC2OCCC12)S(=O)(=O)c1ccc2c(c1)C(C=NCCC1=CCCCC1)C(=O)N2. The number of carbonyl (C=O) groups excluding carboxylic acids is 2. The number of allylic oxidation sites excluding steroid dienone is 1. The van der Waals surface area contributed by atoms with Gasteiger partial charge < -0.3 is 30.0 Å². The van der Waals surface area contributed by atoms with Gasteiger partial charge in [-0.3, -0.25) is 9.79 Å². The minimum atomic E-state index is -4.15. The number of hydrogen-bond donors (Lipinski definition) is 3. The molecule has 1 aliphatic carbocycles. The van der Waals surface area contributed by atoms with Crippen LogP contribution in [0.15, 0.2) is 70.1 Å². The highest BCUT2D eigenvalue weighted by molar-refractivity contribution is 7.89. The van der Waals surface area contributed by atoms with Crippen LogP contribution in [-0.4, -0.2) is 93.4 Å². The molecule has 4 aliphatic rings. The van der Waals surface area contributed by atoms with Crippen LogP contribution in [0, 0.1) is 11.8 Å². The lowest BCUT2D eigenvalue weighted by Gasteiger charge is -2.31. The van der Waals surface area contributed by atoms with E-state index in [4.69, 9.17) is 14.2 Å². The predicted octanol–water partition coefficient (Wildman–Crippen LogP) is 4.79. The number of benzene rings is 2. The molecule has 2 amide bonds. The summed E-state index contributed by atoms with van der Waals surface area (Å²) < 4.78 is 46.7. The molecule has 3 heterocycles. The highest BCUT2D eigenvalue weighted by atomic mass is 32.2. The Labute approximate surface area is 300 Å². The number of hydrogen-bond acceptors (Lipinski definition) is 9. The molecule has 2 aromatic rings. The van der Waals surface area contributed by atoms with Crippen molar-refractivity contribution in [3.05, 3.63) is 71.3 Å². The lowest BCUT2D eigenvalue weighted by atomic mass is 9.97. The molecule has 2 saturated heterocycles. The summed E-state index contributed by atoms with van der Waals surface area (Å²) in [5.41, 5.74) is 3.35. The van der Waals surface area contributed by atoms with Crippen molar-refractivity contribution < 1.29 is 37.3 Å². The van der Waals surface area contributed by atoms with E-state index in [2.05, 4.69) is 21.7 Å². The minimum absolute atomic E-state index is 0.0120. The number of aliphatic imine (C=N–C) groups is 1. The molecule has 13 heteroatoms. The van der Waals surface area contributed by atoms with Gasteiger partial charge >= 0.3 is 6.09 Å². The quantitative estimate of drug-likeness (QED) is 0.175. The minimum Gasteiger partial charge on any atom is -0.443 e. The molecule has 51 heavy (non-hydrogen) atoms. The molecule has 2 aromatic carbocycles. The summed E-state index contributed by atoms with van der Waals surface area (Å²) >= 11 is 0. The maximum absolute atomic E-state index is 14.3. The zero-order valence-electron chi connectivity index (χ0n) is 29.4. The van der Waals surface area contributed by atoms with Gasteiger partial charge in [0.2, 0.25) is 15.9 Å². The Hall–Kier alpha value is -3.62. The highest BCUT2D eigenvalue weighted by Crippen LogP contribution is 2.35. The van der Waals surface area contributed by atoms with E-state index in [1.807, 2.05) is 44.2 Å². The van der Waals surface area contributed by atoms with Crippen molar-refractivity contribution in [3.63, 3.8) is 0 Å². The number of anilines is 1. The Kier molecular flexibility index (Phi) is 12.2. The van der Waals surface area contributed by atoms with Crippen LogP contribution in [-0.2, 0) is 35.4 Å². The van der Waals surface area contributed by atoms with Gasteiger partial charge in [-0.2, -0.15) is 4.31 Å². The topological polar surface area (TPSA) is 156 Å². The molecule has 276 valence electrons. The zero-order valence-corrected chi connectivity index (χ0v) is 30.2. The Morgan fingerprint density at radius 2 is 1.98 bits per heavy atom. The van der Waals surface area contributed by atoms with Crippen molar-refractivity contribution in [2.45, 2.75) is 94.1 Å². The van der Waals surface area contributed by atoms with E-state index in [0.717, 1.165) is 31.2 Å². The Morgan fingerprint density at radius 3 is 2.75 bits per heavy atom. The normalized spacial score (nSPS) is 24.3. The Bertz CT molecular complexity index is 1700. The van der Waals surface area contributed by atoms with Gasteiger partial charge in [-0.25, -0.2) is 13.2 Å². The smallest absolute Gasteiger partial charge is 0.407 e. The molecule has 0 radical (unpaired) electrons. The third-order valence-corrected chi connectivity index (χ3v) is 11.8. The summed E-state index contributed by atoms with van der Waals surface area (Å²) in [6.45, 7) is 4.97. The Balaban J connectivity index is 1.18. The number of sulfonamides is 1. The molecule has 0 spiro atoms. The summed E-state index contributed by atoms with van der Waals surface area (Å²) in [6.07, 6.45) is 7.45. The first-order valence-corrected chi connectivity index (χ1v) is 19.6. The number of nitrogens with zero attached hydrogens (tertiary/aromatic N) is 2. The second-order valence-electron chi connectivity index (χ2n) is 14.3. The first kappa shape index (κ1) is 37.1. The van der Waals surface area contributed by atoms with Gasteiger partial charge in [0.25, 0.3) is 0 Å². The van der Waals surface area contributed by atoms with Crippen LogP contribution < -0.4 is 10.6 Å². The lowest BCUT2D eigenvalue weighted by Crippen LogP contribution is -2.51. The zero-order chi connectivity index (χ0) is 36.0. The van der Waals surface area contributed by atoms with Crippen molar-refractivity contribution in [2.75, 3.05) is 38.2 Å². The molecule has 0 bridgehead atoms. The van der Waals surface area contributed by atoms with E-state index < -0.39 is 40.3 Å². The van der Waals surface area contributed by atoms with Crippen molar-refractivity contribution in [3.8, 4) is 0 Å². The summed E-state index contributed by atoms with van der Waals surface area (Å²) in [5, 5.41) is 17.3. The fraction of sp³-hybridized carbons (Fsp3) is 0.553. The number of amides is 2. The maximum atomic E-state index is 14.3. The average molecular weight is 723 g/mol. The molecule has 12 nitrogen and oxygen atoms in total. The van der Waals surface area contributed by atoms with Crippen molar-refractivity contribution in [2.24, 2.45) is 16.8 Å². The van der Waals surface area contributed by atoms with Crippen LogP contribution >= 0.6 is 0 Å². The van der Waals surface area contributed by atoms with Crippen LogP contribution in [0.2, 0.25) is 0 Å². The van der Waals surface area contributed by atoms with E-state index in [1.165, 1.54) is 34.9 Å². The first-order chi connectivity index (χ1) is 24.6. The number of aliphatic hydroxyl groups excluding tert-OH is 1. The molecule has 6 rings (SSSR count). The number of fused-ring (bicyclic) bond motifs is 2. The second-order valence-corrected chi connectivity index (χ2v) is 16.3. The molecule has 6 atom stereocenters. The monoisotopic (exact) mass is 722 g/mol. The lowest BCUT2D eigenvalue weighted by molar-refractivity contribution is -0.115. The number of ether oxygens (including phenoxy) is 3. The third-order valence-electron chi connectivity index (χ3n) is 10.0. The van der Waals surface area contributed by atoms with Gasteiger partial charge in [0.05, 0.1) is 36.2 Å². The molecule has 0 saturated carbocycles. The van der Waals surface area contributed by atoms with E-state index in [0.29, 0.717) is 24.4 Å². The third kappa shape index (κ3) is 9.25. The van der Waals surface area contributed by atoms with Crippen LogP contribution in [0.1, 0.15) is 69.4 Å². The molecule has 2 fully saturated rings. The van der Waals surface area contributed by atoms with Crippen molar-refractivity contribution in [1.29, 1.82) is 0 Å². The molecular formula is C38H50N4O8S. The molecule has 3 aliphatic heterocycles. The van der Waals surface area contributed by atoms with Gasteiger partial charge in [-0.15, -0.1) is 0 Å². The predicted molar refractivity (Wildman–Crippen MR) is 193 cm³/mol. The van der Waals surface area contributed by atoms with Crippen LogP contribution in [0.3, 0.4) is 0 Å². The molecule has 6 unspecified atom stereocenters. The van der Waals surface area contributed by atoms with Crippen LogP contribution in [0.4, 0.5) is 10.5 Å². The number of alkyl carbamates (subject to hydrolysis) is 1. The van der Waals surface area contributed by atoms with E-state index in [9.17, 15) is 23.1 Å².